The quantitative estimate of drug-likeness (QED) is 0.836. The second-order valence-electron chi connectivity index (χ2n) is 5.53. The lowest BCUT2D eigenvalue weighted by Gasteiger charge is -2.28. The minimum absolute atomic E-state index is 0.281. The summed E-state index contributed by atoms with van der Waals surface area (Å²) in [5.74, 6) is -0.281. The van der Waals surface area contributed by atoms with Crippen molar-refractivity contribution in [2.24, 2.45) is 0 Å². The number of carbonyl (C=O) groups is 1. The van der Waals surface area contributed by atoms with Crippen molar-refractivity contribution >= 4 is 5.97 Å². The fourth-order valence-electron chi connectivity index (χ4n) is 2.70. The molecule has 20 heavy (non-hydrogen) atoms. The number of piperidine rings is 1. The van der Waals surface area contributed by atoms with E-state index in [1.807, 2.05) is 24.3 Å². The van der Waals surface area contributed by atoms with Crippen LogP contribution in [-0.2, 0) is 11.3 Å². The first kappa shape index (κ1) is 15.0. The van der Waals surface area contributed by atoms with Crippen molar-refractivity contribution < 1.29 is 9.53 Å². The van der Waals surface area contributed by atoms with Gasteiger partial charge < -0.3 is 15.0 Å². The predicted octanol–water partition coefficient (Wildman–Crippen LogP) is 2.05. The van der Waals surface area contributed by atoms with E-state index in [-0.39, 0.29) is 5.97 Å². The summed E-state index contributed by atoms with van der Waals surface area (Å²) < 4.78 is 4.70. The highest BCUT2D eigenvalue weighted by Gasteiger charge is 2.14. The van der Waals surface area contributed by atoms with Crippen LogP contribution in [0.2, 0.25) is 0 Å². The lowest BCUT2D eigenvalue weighted by molar-refractivity contribution is 0.0600. The summed E-state index contributed by atoms with van der Waals surface area (Å²) in [6, 6.07) is 8.26. The van der Waals surface area contributed by atoms with Gasteiger partial charge in [0.05, 0.1) is 12.7 Å². The number of carbonyl (C=O) groups excluding carboxylic acids is 1. The maximum absolute atomic E-state index is 11.4. The van der Waals surface area contributed by atoms with Gasteiger partial charge in [-0.25, -0.2) is 4.79 Å². The molecule has 1 unspecified atom stereocenters. The van der Waals surface area contributed by atoms with Crippen LogP contribution in [0.25, 0.3) is 0 Å². The molecule has 110 valence electrons. The first-order chi connectivity index (χ1) is 9.69. The molecule has 1 fully saturated rings. The molecule has 4 nitrogen and oxygen atoms in total. The highest BCUT2D eigenvalue weighted by Crippen LogP contribution is 2.11. The van der Waals surface area contributed by atoms with Crippen LogP contribution in [0.4, 0.5) is 0 Å². The molecule has 1 aliphatic rings. The molecule has 4 heteroatoms. The SMILES string of the molecule is COC(=O)c1ccc(CN(C)CC2CCCCN2)cc1. The number of rotatable bonds is 5. The number of benzene rings is 1. The number of methoxy groups -OCH3 is 1. The first-order valence-electron chi connectivity index (χ1n) is 7.28. The molecule has 0 bridgehead atoms. The Morgan fingerprint density at radius 1 is 1.35 bits per heavy atom. The van der Waals surface area contributed by atoms with Crippen LogP contribution in [0.15, 0.2) is 24.3 Å². The van der Waals surface area contributed by atoms with E-state index in [1.54, 1.807) is 0 Å². The Morgan fingerprint density at radius 2 is 2.10 bits per heavy atom. The van der Waals surface area contributed by atoms with Crippen molar-refractivity contribution in [2.75, 3.05) is 27.2 Å². The van der Waals surface area contributed by atoms with Crippen LogP contribution in [0.3, 0.4) is 0 Å². The second kappa shape index (κ2) is 7.41. The van der Waals surface area contributed by atoms with Crippen LogP contribution >= 0.6 is 0 Å². The number of hydrogen-bond acceptors (Lipinski definition) is 4. The molecule has 0 amide bonds. The average Bonchev–Trinajstić information content (AvgIpc) is 2.48. The summed E-state index contributed by atoms with van der Waals surface area (Å²) >= 11 is 0. The molecule has 1 N–H and O–H groups in total. The molecule has 2 rings (SSSR count). The minimum Gasteiger partial charge on any atom is -0.465 e. The average molecular weight is 276 g/mol. The van der Waals surface area contributed by atoms with Gasteiger partial charge in [0, 0.05) is 19.1 Å². The molecule has 0 saturated carbocycles. The topological polar surface area (TPSA) is 41.6 Å². The molecule has 1 saturated heterocycles. The van der Waals surface area contributed by atoms with Gasteiger partial charge >= 0.3 is 5.97 Å². The third-order valence-electron chi connectivity index (χ3n) is 3.77. The van der Waals surface area contributed by atoms with E-state index in [4.69, 9.17) is 4.74 Å². The Morgan fingerprint density at radius 3 is 2.70 bits per heavy atom. The number of nitrogens with zero attached hydrogens (tertiary/aromatic N) is 1. The Hall–Kier alpha value is -1.39. The molecule has 0 aliphatic carbocycles. The summed E-state index contributed by atoms with van der Waals surface area (Å²) in [7, 11) is 3.55. The van der Waals surface area contributed by atoms with Crippen molar-refractivity contribution in [1.29, 1.82) is 0 Å². The van der Waals surface area contributed by atoms with Crippen LogP contribution < -0.4 is 5.32 Å². The third-order valence-corrected chi connectivity index (χ3v) is 3.77. The number of nitrogens with one attached hydrogen (secondary N) is 1. The van der Waals surface area contributed by atoms with E-state index < -0.39 is 0 Å². The second-order valence-corrected chi connectivity index (χ2v) is 5.53. The predicted molar refractivity (Wildman–Crippen MR) is 79.8 cm³/mol. The fraction of sp³-hybridized carbons (Fsp3) is 0.562. The van der Waals surface area contributed by atoms with E-state index in [1.165, 1.54) is 31.9 Å². The van der Waals surface area contributed by atoms with Crippen molar-refractivity contribution in [3.05, 3.63) is 35.4 Å². The summed E-state index contributed by atoms with van der Waals surface area (Å²) in [6.07, 6.45) is 3.90. The minimum atomic E-state index is -0.281. The first-order valence-corrected chi connectivity index (χ1v) is 7.28. The normalized spacial score (nSPS) is 19.1. The number of hydrogen-bond donors (Lipinski definition) is 1. The molecule has 1 aliphatic heterocycles. The molecule has 1 aromatic carbocycles. The lowest BCUT2D eigenvalue weighted by Crippen LogP contribution is -2.42. The maximum Gasteiger partial charge on any atom is 0.337 e. The summed E-state index contributed by atoms with van der Waals surface area (Å²) in [6.45, 7) is 3.12. The molecule has 1 heterocycles. The molecule has 1 atom stereocenters. The van der Waals surface area contributed by atoms with E-state index in [2.05, 4.69) is 17.3 Å². The fourth-order valence-corrected chi connectivity index (χ4v) is 2.70. The number of ether oxygens (including phenoxy) is 1. The summed E-state index contributed by atoms with van der Waals surface area (Å²) in [5, 5.41) is 3.56. The van der Waals surface area contributed by atoms with Crippen molar-refractivity contribution in [2.45, 2.75) is 31.8 Å². The molecule has 0 spiro atoms. The summed E-state index contributed by atoms with van der Waals surface area (Å²) in [4.78, 5) is 13.7. The Labute approximate surface area is 121 Å². The van der Waals surface area contributed by atoms with E-state index in [0.29, 0.717) is 11.6 Å². The summed E-state index contributed by atoms with van der Waals surface area (Å²) in [5.41, 5.74) is 1.82. The van der Waals surface area contributed by atoms with Crippen molar-refractivity contribution in [1.82, 2.24) is 10.2 Å². The van der Waals surface area contributed by atoms with Crippen LogP contribution in [0.5, 0.6) is 0 Å². The molecule has 0 aromatic heterocycles. The van der Waals surface area contributed by atoms with Crippen molar-refractivity contribution in [3.8, 4) is 0 Å². The third kappa shape index (κ3) is 4.32. The monoisotopic (exact) mass is 276 g/mol. The van der Waals surface area contributed by atoms with Crippen LogP contribution in [0.1, 0.15) is 35.2 Å². The maximum atomic E-state index is 11.4. The van der Waals surface area contributed by atoms with Gasteiger partial charge in [-0.15, -0.1) is 0 Å². The van der Waals surface area contributed by atoms with Crippen LogP contribution in [-0.4, -0.2) is 44.2 Å². The van der Waals surface area contributed by atoms with Gasteiger partial charge in [0.2, 0.25) is 0 Å². The smallest absolute Gasteiger partial charge is 0.337 e. The van der Waals surface area contributed by atoms with Gasteiger partial charge in [-0.1, -0.05) is 18.6 Å². The Kier molecular flexibility index (Phi) is 5.56. The lowest BCUT2D eigenvalue weighted by atomic mass is 10.0. The zero-order chi connectivity index (χ0) is 14.4. The van der Waals surface area contributed by atoms with Crippen molar-refractivity contribution in [3.63, 3.8) is 0 Å². The van der Waals surface area contributed by atoms with E-state index in [0.717, 1.165) is 19.6 Å². The molecular weight excluding hydrogens is 252 g/mol. The molecule has 0 radical (unpaired) electrons. The number of likely N-dealkylation sites (N-methyl/N-ethyl adjacent to an activating group) is 1. The van der Waals surface area contributed by atoms with Gasteiger partial charge in [-0.05, 0) is 44.1 Å². The van der Waals surface area contributed by atoms with E-state index in [9.17, 15) is 4.79 Å². The number of esters is 1. The zero-order valence-electron chi connectivity index (χ0n) is 12.4. The van der Waals surface area contributed by atoms with Crippen LogP contribution in [0, 0.1) is 0 Å². The van der Waals surface area contributed by atoms with Gasteiger partial charge in [-0.2, -0.15) is 0 Å². The van der Waals surface area contributed by atoms with Gasteiger partial charge in [-0.3, -0.25) is 0 Å². The highest BCUT2D eigenvalue weighted by atomic mass is 16.5. The van der Waals surface area contributed by atoms with Gasteiger partial charge in [0.1, 0.15) is 0 Å². The largest absolute Gasteiger partial charge is 0.465 e. The zero-order valence-corrected chi connectivity index (χ0v) is 12.4. The van der Waals surface area contributed by atoms with E-state index >= 15 is 0 Å². The van der Waals surface area contributed by atoms with Gasteiger partial charge in [0.15, 0.2) is 0 Å². The molecule has 1 aromatic rings. The molecular formula is C16H24N2O2. The standard InChI is InChI=1S/C16H24N2O2/c1-18(12-15-5-3-4-10-17-15)11-13-6-8-14(9-7-13)16(19)20-2/h6-9,15,17H,3-5,10-12H2,1-2H3. The highest BCUT2D eigenvalue weighted by molar-refractivity contribution is 5.89. The Bertz CT molecular complexity index is 425. The van der Waals surface area contributed by atoms with Gasteiger partial charge in [0.25, 0.3) is 0 Å². The Balaban J connectivity index is 1.84.